The summed E-state index contributed by atoms with van der Waals surface area (Å²) in [7, 11) is 1.77. The summed E-state index contributed by atoms with van der Waals surface area (Å²) in [6, 6.07) is 0. The predicted octanol–water partition coefficient (Wildman–Crippen LogP) is 1.82. The van der Waals surface area contributed by atoms with Crippen molar-refractivity contribution in [2.45, 2.75) is 38.7 Å². The summed E-state index contributed by atoms with van der Waals surface area (Å²) in [6.45, 7) is 8.31. The van der Waals surface area contributed by atoms with Crippen LogP contribution in [-0.4, -0.2) is 39.0 Å². The normalized spacial score (nSPS) is 22.2. The second-order valence-electron chi connectivity index (χ2n) is 4.98. The van der Waals surface area contributed by atoms with Gasteiger partial charge in [0.1, 0.15) is 0 Å². The molecule has 0 bridgehead atoms. The fraction of sp³-hybridized carbons (Fsp3) is 1.00. The third-order valence-electron chi connectivity index (χ3n) is 3.21. The molecule has 1 saturated heterocycles. The van der Waals surface area contributed by atoms with E-state index in [2.05, 4.69) is 19.2 Å². The Balaban J connectivity index is 1.92. The van der Waals surface area contributed by atoms with Gasteiger partial charge in [0.05, 0.1) is 5.60 Å². The molecule has 0 aromatic heterocycles. The Kier molecular flexibility index (Phi) is 5.58. The van der Waals surface area contributed by atoms with Gasteiger partial charge in [-0.25, -0.2) is 0 Å². The third kappa shape index (κ3) is 5.50. The van der Waals surface area contributed by atoms with Gasteiger partial charge in [-0.1, -0.05) is 0 Å². The van der Waals surface area contributed by atoms with Crippen LogP contribution in [-0.2, 0) is 9.47 Å². The van der Waals surface area contributed by atoms with E-state index in [-0.39, 0.29) is 5.60 Å². The quantitative estimate of drug-likeness (QED) is 0.657. The van der Waals surface area contributed by atoms with Crippen molar-refractivity contribution in [2.75, 3.05) is 33.4 Å². The van der Waals surface area contributed by atoms with Crippen molar-refractivity contribution in [3.8, 4) is 0 Å². The lowest BCUT2D eigenvalue weighted by atomic mass is 10.0. The summed E-state index contributed by atoms with van der Waals surface area (Å²) in [6.07, 6.45) is 3.54. The molecule has 1 heterocycles. The fourth-order valence-corrected chi connectivity index (χ4v) is 1.73. The summed E-state index contributed by atoms with van der Waals surface area (Å²) in [5.74, 6) is 0.785. The molecule has 1 N–H and O–H groups in total. The Hall–Kier alpha value is -0.120. The highest BCUT2D eigenvalue weighted by Gasteiger charge is 2.16. The molecule has 1 unspecified atom stereocenters. The van der Waals surface area contributed by atoms with Crippen LogP contribution in [0.5, 0.6) is 0 Å². The minimum atomic E-state index is 0.00344. The van der Waals surface area contributed by atoms with E-state index in [0.717, 1.165) is 38.6 Å². The number of hydrogen-bond acceptors (Lipinski definition) is 3. The van der Waals surface area contributed by atoms with Crippen LogP contribution in [0.25, 0.3) is 0 Å². The summed E-state index contributed by atoms with van der Waals surface area (Å²) < 4.78 is 10.7. The molecule has 1 atom stereocenters. The second kappa shape index (κ2) is 6.46. The summed E-state index contributed by atoms with van der Waals surface area (Å²) in [5, 5.41) is 3.47. The molecule has 1 aliphatic rings. The van der Waals surface area contributed by atoms with E-state index >= 15 is 0 Å². The zero-order chi connectivity index (χ0) is 11.1. The van der Waals surface area contributed by atoms with Gasteiger partial charge >= 0.3 is 0 Å². The monoisotopic (exact) mass is 215 g/mol. The first-order chi connectivity index (χ1) is 7.14. The minimum absolute atomic E-state index is 0.00344. The zero-order valence-corrected chi connectivity index (χ0v) is 10.3. The van der Waals surface area contributed by atoms with Crippen LogP contribution in [0, 0.1) is 5.92 Å². The molecule has 15 heavy (non-hydrogen) atoms. The molecule has 0 amide bonds. The van der Waals surface area contributed by atoms with Crippen molar-refractivity contribution in [1.82, 2.24) is 5.32 Å². The molecule has 90 valence electrons. The van der Waals surface area contributed by atoms with E-state index < -0.39 is 0 Å². The molecule has 0 aromatic carbocycles. The van der Waals surface area contributed by atoms with Gasteiger partial charge in [-0.3, -0.25) is 0 Å². The van der Waals surface area contributed by atoms with E-state index in [9.17, 15) is 0 Å². The van der Waals surface area contributed by atoms with Crippen molar-refractivity contribution in [2.24, 2.45) is 5.92 Å². The van der Waals surface area contributed by atoms with Crippen molar-refractivity contribution in [3.05, 3.63) is 0 Å². The first-order valence-electron chi connectivity index (χ1n) is 5.98. The molecule has 0 spiro atoms. The maximum atomic E-state index is 5.36. The van der Waals surface area contributed by atoms with Gasteiger partial charge < -0.3 is 14.8 Å². The van der Waals surface area contributed by atoms with Crippen LogP contribution >= 0.6 is 0 Å². The molecular formula is C12H25NO2. The topological polar surface area (TPSA) is 30.5 Å². The molecule has 1 aliphatic heterocycles. The fourth-order valence-electron chi connectivity index (χ4n) is 1.73. The first-order valence-corrected chi connectivity index (χ1v) is 5.98. The SMILES string of the molecule is COC(C)(C)CCNCCC1CCOC1. The van der Waals surface area contributed by atoms with Gasteiger partial charge in [0.2, 0.25) is 0 Å². The lowest BCUT2D eigenvalue weighted by molar-refractivity contribution is 0.0158. The Morgan fingerprint density at radius 1 is 1.40 bits per heavy atom. The van der Waals surface area contributed by atoms with Crippen LogP contribution in [0.15, 0.2) is 0 Å². The molecule has 3 heteroatoms. The van der Waals surface area contributed by atoms with Gasteiger partial charge in [-0.15, -0.1) is 0 Å². The van der Waals surface area contributed by atoms with Crippen molar-refractivity contribution >= 4 is 0 Å². The smallest absolute Gasteiger partial charge is 0.0634 e. The number of hydrogen-bond donors (Lipinski definition) is 1. The predicted molar refractivity (Wildman–Crippen MR) is 62.1 cm³/mol. The van der Waals surface area contributed by atoms with Crippen LogP contribution in [0.2, 0.25) is 0 Å². The van der Waals surface area contributed by atoms with Gasteiger partial charge in [0, 0.05) is 20.3 Å². The maximum absolute atomic E-state index is 5.36. The molecule has 1 rings (SSSR count). The first kappa shape index (κ1) is 12.9. The molecular weight excluding hydrogens is 190 g/mol. The number of methoxy groups -OCH3 is 1. The standard InChI is InChI=1S/C12H25NO2/c1-12(2,14-3)6-8-13-7-4-11-5-9-15-10-11/h11,13H,4-10H2,1-3H3. The largest absolute Gasteiger partial charge is 0.381 e. The molecule has 0 radical (unpaired) electrons. The summed E-state index contributed by atoms with van der Waals surface area (Å²) in [5.41, 5.74) is 0.00344. The van der Waals surface area contributed by atoms with Gasteiger partial charge in [-0.05, 0) is 52.1 Å². The van der Waals surface area contributed by atoms with E-state index in [1.807, 2.05) is 0 Å². The highest BCUT2D eigenvalue weighted by atomic mass is 16.5. The lowest BCUT2D eigenvalue weighted by Crippen LogP contribution is -2.29. The van der Waals surface area contributed by atoms with E-state index in [4.69, 9.17) is 9.47 Å². The number of rotatable bonds is 7. The zero-order valence-electron chi connectivity index (χ0n) is 10.3. The Morgan fingerprint density at radius 2 is 2.20 bits per heavy atom. The summed E-state index contributed by atoms with van der Waals surface area (Å²) in [4.78, 5) is 0. The lowest BCUT2D eigenvalue weighted by Gasteiger charge is -2.22. The van der Waals surface area contributed by atoms with Crippen LogP contribution in [0.4, 0.5) is 0 Å². The minimum Gasteiger partial charge on any atom is -0.381 e. The molecule has 1 fully saturated rings. The maximum Gasteiger partial charge on any atom is 0.0634 e. The van der Waals surface area contributed by atoms with E-state index in [1.165, 1.54) is 12.8 Å². The Labute approximate surface area is 93.5 Å². The van der Waals surface area contributed by atoms with Crippen molar-refractivity contribution < 1.29 is 9.47 Å². The summed E-state index contributed by atoms with van der Waals surface area (Å²) >= 11 is 0. The number of nitrogens with one attached hydrogen (secondary N) is 1. The van der Waals surface area contributed by atoms with E-state index in [0.29, 0.717) is 0 Å². The van der Waals surface area contributed by atoms with Gasteiger partial charge in [0.25, 0.3) is 0 Å². The third-order valence-corrected chi connectivity index (χ3v) is 3.21. The number of ether oxygens (including phenoxy) is 2. The van der Waals surface area contributed by atoms with Gasteiger partial charge in [0.15, 0.2) is 0 Å². The average Bonchev–Trinajstić information content (AvgIpc) is 2.70. The van der Waals surface area contributed by atoms with Gasteiger partial charge in [-0.2, -0.15) is 0 Å². The van der Waals surface area contributed by atoms with Crippen molar-refractivity contribution in [1.29, 1.82) is 0 Å². The highest BCUT2D eigenvalue weighted by Crippen LogP contribution is 2.15. The van der Waals surface area contributed by atoms with Crippen LogP contribution in [0.1, 0.15) is 33.1 Å². The van der Waals surface area contributed by atoms with Crippen LogP contribution in [0.3, 0.4) is 0 Å². The molecule has 3 nitrogen and oxygen atoms in total. The van der Waals surface area contributed by atoms with Crippen LogP contribution < -0.4 is 5.32 Å². The Bertz CT molecular complexity index is 165. The second-order valence-corrected chi connectivity index (χ2v) is 4.98. The molecule has 0 aromatic rings. The van der Waals surface area contributed by atoms with E-state index in [1.54, 1.807) is 7.11 Å². The average molecular weight is 215 g/mol. The van der Waals surface area contributed by atoms with Crippen molar-refractivity contribution in [3.63, 3.8) is 0 Å². The molecule has 0 aliphatic carbocycles. The molecule has 0 saturated carbocycles. The Morgan fingerprint density at radius 3 is 2.80 bits per heavy atom. The highest BCUT2D eigenvalue weighted by molar-refractivity contribution is 4.70.